The summed E-state index contributed by atoms with van der Waals surface area (Å²) >= 11 is 12.9. The number of amides is 1. The molecule has 2 aliphatic heterocycles. The summed E-state index contributed by atoms with van der Waals surface area (Å²) in [6.07, 6.45) is 3.11. The topological polar surface area (TPSA) is 109 Å². The van der Waals surface area contributed by atoms with Crippen molar-refractivity contribution in [2.45, 2.75) is 51.2 Å². The van der Waals surface area contributed by atoms with Crippen LogP contribution < -0.4 is 10.6 Å². The van der Waals surface area contributed by atoms with Crippen molar-refractivity contribution < 1.29 is 9.18 Å². The van der Waals surface area contributed by atoms with Crippen LogP contribution in [0.5, 0.6) is 0 Å². The van der Waals surface area contributed by atoms with E-state index in [9.17, 15) is 10.1 Å². The van der Waals surface area contributed by atoms with E-state index in [2.05, 4.69) is 37.5 Å². The minimum atomic E-state index is -0.502. The van der Waals surface area contributed by atoms with Crippen molar-refractivity contribution in [1.29, 1.82) is 5.26 Å². The molecule has 1 unspecified atom stereocenters. The van der Waals surface area contributed by atoms with Crippen LogP contribution in [-0.2, 0) is 6.42 Å². The molecule has 2 bridgehead atoms. The summed E-state index contributed by atoms with van der Waals surface area (Å²) in [6.45, 7) is 4.72. The number of halogens is 3. The van der Waals surface area contributed by atoms with Gasteiger partial charge in [-0.1, -0.05) is 35.3 Å². The van der Waals surface area contributed by atoms with E-state index in [4.69, 9.17) is 28.2 Å². The maximum absolute atomic E-state index is 16.8. The highest BCUT2D eigenvalue weighted by Crippen LogP contribution is 2.49. The van der Waals surface area contributed by atoms with E-state index in [-0.39, 0.29) is 46.7 Å². The monoisotopic (exact) mass is 627 g/mol. The number of aryl methyl sites for hydroxylation is 2. The highest BCUT2D eigenvalue weighted by atomic mass is 35.5. The summed E-state index contributed by atoms with van der Waals surface area (Å²) in [5.41, 5.74) is 4.32. The molecule has 3 aromatic heterocycles. The molecule has 3 fully saturated rings. The van der Waals surface area contributed by atoms with Gasteiger partial charge in [-0.15, -0.1) is 5.10 Å². The van der Waals surface area contributed by atoms with Crippen molar-refractivity contribution in [3.8, 4) is 17.2 Å². The van der Waals surface area contributed by atoms with Crippen LogP contribution in [0.25, 0.3) is 32.9 Å². The van der Waals surface area contributed by atoms with E-state index in [1.54, 1.807) is 30.3 Å². The number of benzene rings is 2. The molecule has 0 radical (unpaired) electrons. The summed E-state index contributed by atoms with van der Waals surface area (Å²) in [5, 5.41) is 26.1. The van der Waals surface area contributed by atoms with Gasteiger partial charge in [0, 0.05) is 58.5 Å². The first-order valence-electron chi connectivity index (χ1n) is 14.6. The van der Waals surface area contributed by atoms with Gasteiger partial charge in [0.15, 0.2) is 11.5 Å². The quantitative estimate of drug-likeness (QED) is 0.204. The van der Waals surface area contributed by atoms with Crippen LogP contribution in [0.15, 0.2) is 48.7 Å². The molecule has 5 aromatic rings. The van der Waals surface area contributed by atoms with Crippen molar-refractivity contribution in [3.05, 3.63) is 87.2 Å². The molecule has 2 aromatic carbocycles. The lowest BCUT2D eigenvalue weighted by atomic mass is 9.79. The minimum absolute atomic E-state index is 0.135. The Hall–Kier alpha value is -4.10. The summed E-state index contributed by atoms with van der Waals surface area (Å²) < 4.78 is 19.1. The number of nitrogens with zero attached hydrogens (tertiary/aromatic N) is 5. The summed E-state index contributed by atoms with van der Waals surface area (Å²) in [7, 11) is 0. The van der Waals surface area contributed by atoms with E-state index in [0.717, 1.165) is 29.6 Å². The summed E-state index contributed by atoms with van der Waals surface area (Å²) in [6, 6.07) is 14.6. The Kier molecular flexibility index (Phi) is 7.24. The van der Waals surface area contributed by atoms with Crippen LogP contribution >= 0.6 is 23.2 Å². The fourth-order valence-electron chi connectivity index (χ4n) is 6.94. The molecule has 3 aliphatic rings. The number of aromatic nitrogens is 4. The van der Waals surface area contributed by atoms with Gasteiger partial charge in [0.2, 0.25) is 0 Å². The molecule has 5 heterocycles. The van der Waals surface area contributed by atoms with Crippen molar-refractivity contribution in [2.24, 2.45) is 5.92 Å². The van der Waals surface area contributed by atoms with Gasteiger partial charge >= 0.3 is 0 Å². The third-order valence-corrected chi connectivity index (χ3v) is 9.85. The highest BCUT2D eigenvalue weighted by Gasteiger charge is 2.49. The normalized spacial score (nSPS) is 19.6. The molecule has 222 valence electrons. The first-order chi connectivity index (χ1) is 21.3. The zero-order valence-corrected chi connectivity index (χ0v) is 25.5. The fraction of sp³-hybridized carbons (Fsp3) is 0.303. The largest absolute Gasteiger partial charge is 0.343 e. The summed E-state index contributed by atoms with van der Waals surface area (Å²) in [4.78, 5) is 17.9. The second-order valence-electron chi connectivity index (χ2n) is 11.6. The molecule has 0 spiro atoms. The van der Waals surface area contributed by atoms with Gasteiger partial charge < -0.3 is 15.2 Å². The zero-order chi connectivity index (χ0) is 30.7. The Labute approximate surface area is 263 Å². The Morgan fingerprint density at radius 2 is 2.09 bits per heavy atom. The lowest BCUT2D eigenvalue weighted by molar-refractivity contribution is 0.0931. The highest BCUT2D eigenvalue weighted by molar-refractivity contribution is 6.43. The molecule has 11 heteroatoms. The Balaban J connectivity index is 1.48. The van der Waals surface area contributed by atoms with E-state index in [0.29, 0.717) is 45.1 Å². The standard InChI is InChI=1S/C33H28Cl2FN7O/c1-16-21-14-26(17(2)41-33(44)24-9-5-11-39-42-24)43(31-19-13-25(31)38-15-19)32(21)22-12-18(6-4-10-37)27(29(36)30(22)40-16)20-7-3-8-23(34)28(20)35/h3,5,7-9,11-12,14,17,19,25,31,38H,4,6,13,15H2,1-2H3,(H,41,44)/t17?,19-,25-,31+/m1/s1. The molecule has 8 nitrogen and oxygen atoms in total. The van der Waals surface area contributed by atoms with E-state index in [1.165, 1.54) is 6.20 Å². The fourth-order valence-corrected chi connectivity index (χ4v) is 7.34. The molecule has 4 atom stereocenters. The van der Waals surface area contributed by atoms with Crippen LogP contribution in [-0.4, -0.2) is 38.2 Å². The van der Waals surface area contributed by atoms with Crippen LogP contribution in [0.3, 0.4) is 0 Å². The third kappa shape index (κ3) is 4.52. The number of hydrogen-bond donors (Lipinski definition) is 2. The number of rotatable bonds is 7. The number of hydrogen-bond acceptors (Lipinski definition) is 6. The molecule has 8 rings (SSSR count). The Morgan fingerprint density at radius 1 is 1.25 bits per heavy atom. The molecule has 2 N–H and O–H groups in total. The predicted octanol–water partition coefficient (Wildman–Crippen LogP) is 6.88. The molecule has 44 heavy (non-hydrogen) atoms. The lowest BCUT2D eigenvalue weighted by Gasteiger charge is -2.38. The number of carbonyl (C=O) groups excluding carboxylic acids is 1. The lowest BCUT2D eigenvalue weighted by Crippen LogP contribution is -2.40. The van der Waals surface area contributed by atoms with E-state index < -0.39 is 5.82 Å². The average molecular weight is 629 g/mol. The van der Waals surface area contributed by atoms with Crippen molar-refractivity contribution >= 4 is 50.9 Å². The second-order valence-corrected chi connectivity index (χ2v) is 12.4. The molecule has 1 saturated carbocycles. The van der Waals surface area contributed by atoms with Gasteiger partial charge in [-0.05, 0) is 68.5 Å². The third-order valence-electron chi connectivity index (χ3n) is 9.03. The van der Waals surface area contributed by atoms with Gasteiger partial charge in [0.25, 0.3) is 5.91 Å². The zero-order valence-electron chi connectivity index (χ0n) is 24.0. The van der Waals surface area contributed by atoms with Crippen molar-refractivity contribution in [3.63, 3.8) is 0 Å². The summed E-state index contributed by atoms with van der Waals surface area (Å²) in [5.74, 6) is -0.421. The van der Waals surface area contributed by atoms with Gasteiger partial charge in [-0.25, -0.2) is 9.37 Å². The molecule has 2 saturated heterocycles. The van der Waals surface area contributed by atoms with Gasteiger partial charge in [-0.3, -0.25) is 4.79 Å². The van der Waals surface area contributed by atoms with Crippen LogP contribution in [0.2, 0.25) is 10.0 Å². The van der Waals surface area contributed by atoms with E-state index in [1.807, 2.05) is 19.9 Å². The number of carbonyl (C=O) groups is 1. The molecular formula is C33H28Cl2FN7O. The first-order valence-corrected chi connectivity index (χ1v) is 15.3. The number of nitriles is 1. The van der Waals surface area contributed by atoms with Crippen molar-refractivity contribution in [2.75, 3.05) is 6.54 Å². The van der Waals surface area contributed by atoms with Crippen LogP contribution in [0.1, 0.15) is 59.3 Å². The molecular weight excluding hydrogens is 600 g/mol. The number of pyridine rings is 1. The number of fused-ring (bicyclic) bond motifs is 4. The maximum Gasteiger partial charge on any atom is 0.272 e. The smallest absolute Gasteiger partial charge is 0.272 e. The second kappa shape index (κ2) is 11.1. The SMILES string of the molecule is Cc1nc2c(F)c(-c3cccc(Cl)c3Cl)c(CCC#N)cc2c2c1cc(C(C)NC(=O)c1cccnn1)n2[C@H]1[C@H]2CN[C@@H]1C2. The van der Waals surface area contributed by atoms with E-state index >= 15 is 4.39 Å². The average Bonchev–Trinajstić information content (AvgIpc) is 3.76. The predicted molar refractivity (Wildman–Crippen MR) is 168 cm³/mol. The molecule has 1 amide bonds. The Morgan fingerprint density at radius 3 is 2.80 bits per heavy atom. The molecule has 1 aliphatic carbocycles. The maximum atomic E-state index is 16.8. The minimum Gasteiger partial charge on any atom is -0.343 e. The first kappa shape index (κ1) is 28.7. The van der Waals surface area contributed by atoms with Crippen LogP contribution in [0.4, 0.5) is 4.39 Å². The van der Waals surface area contributed by atoms with Crippen LogP contribution in [0, 0.1) is 30.0 Å². The van der Waals surface area contributed by atoms with Crippen molar-refractivity contribution in [1.82, 2.24) is 30.4 Å². The van der Waals surface area contributed by atoms with Gasteiger partial charge in [0.1, 0.15) is 5.52 Å². The Bertz CT molecular complexity index is 1990. The van der Waals surface area contributed by atoms with Gasteiger partial charge in [-0.2, -0.15) is 10.4 Å². The van der Waals surface area contributed by atoms with Gasteiger partial charge in [0.05, 0.1) is 33.7 Å². The number of nitrogens with one attached hydrogen (secondary N) is 2.